The van der Waals surface area contributed by atoms with Gasteiger partial charge in [0, 0.05) is 29.9 Å². The lowest BCUT2D eigenvalue weighted by atomic mass is 9.90. The Balaban J connectivity index is 1.45. The van der Waals surface area contributed by atoms with Crippen LogP contribution >= 0.6 is 0 Å². The van der Waals surface area contributed by atoms with Gasteiger partial charge >= 0.3 is 0 Å². The van der Waals surface area contributed by atoms with E-state index in [0.29, 0.717) is 5.78 Å². The maximum Gasteiger partial charge on any atom is 0.254 e. The lowest BCUT2D eigenvalue weighted by Crippen LogP contribution is -2.36. The van der Waals surface area contributed by atoms with Crippen LogP contribution in [-0.4, -0.2) is 32.7 Å². The average molecular weight is 412 g/mol. The molecule has 0 unspecified atom stereocenters. The summed E-state index contributed by atoms with van der Waals surface area (Å²) in [6.07, 6.45) is 4.50. The van der Waals surface area contributed by atoms with Gasteiger partial charge in [-0.3, -0.25) is 0 Å². The van der Waals surface area contributed by atoms with Crippen LogP contribution < -0.4 is 4.90 Å². The molecule has 1 saturated heterocycles. The zero-order valence-electron chi connectivity index (χ0n) is 18.3. The highest BCUT2D eigenvalue weighted by atomic mass is 15.4. The molecule has 1 aliphatic rings. The van der Waals surface area contributed by atoms with Crippen molar-refractivity contribution in [2.75, 3.05) is 18.0 Å². The summed E-state index contributed by atoms with van der Waals surface area (Å²) in [6.45, 7) is 6.39. The fourth-order valence-corrected chi connectivity index (χ4v) is 4.77. The lowest BCUT2D eigenvalue weighted by molar-refractivity contribution is 0.400. The number of hydrogen-bond donors (Lipinski definition) is 0. The van der Waals surface area contributed by atoms with Gasteiger partial charge in [-0.15, -0.1) is 5.10 Å². The highest BCUT2D eigenvalue weighted by molar-refractivity contribution is 5.61. The molecule has 0 amide bonds. The maximum atomic E-state index is 4.90. The van der Waals surface area contributed by atoms with Gasteiger partial charge in [0.15, 0.2) is 5.82 Å². The van der Waals surface area contributed by atoms with Crippen LogP contribution in [0.15, 0.2) is 60.7 Å². The highest BCUT2D eigenvalue weighted by Crippen LogP contribution is 2.30. The van der Waals surface area contributed by atoms with Gasteiger partial charge in [-0.2, -0.15) is 9.50 Å². The zero-order valence-corrected chi connectivity index (χ0v) is 18.3. The Hall–Kier alpha value is -3.21. The minimum atomic E-state index is 0.690. The SMILES string of the molecule is CCc1c(C)nc2nc(-c3ccccc3)nn2c1N1CCC(Cc2ccccc2)CC1. The van der Waals surface area contributed by atoms with Crippen molar-refractivity contribution in [1.29, 1.82) is 0 Å². The van der Waals surface area contributed by atoms with Gasteiger partial charge in [-0.1, -0.05) is 67.6 Å². The Morgan fingerprint density at radius 2 is 1.58 bits per heavy atom. The molecule has 2 aromatic heterocycles. The predicted octanol–water partition coefficient (Wildman–Crippen LogP) is 5.12. The summed E-state index contributed by atoms with van der Waals surface area (Å²) >= 11 is 0. The van der Waals surface area contributed by atoms with Crippen molar-refractivity contribution in [2.24, 2.45) is 5.92 Å². The number of hydrogen-bond acceptors (Lipinski definition) is 4. The molecule has 0 aliphatic carbocycles. The number of piperidine rings is 1. The number of rotatable bonds is 5. The first-order valence-electron chi connectivity index (χ1n) is 11.3. The molecule has 0 saturated carbocycles. The molecule has 1 fully saturated rings. The summed E-state index contributed by atoms with van der Waals surface area (Å²) in [5, 5.41) is 4.90. The molecular formula is C26H29N5. The monoisotopic (exact) mass is 411 g/mol. The van der Waals surface area contributed by atoms with Crippen LogP contribution in [0, 0.1) is 12.8 Å². The van der Waals surface area contributed by atoms with Crippen molar-refractivity contribution in [3.8, 4) is 11.4 Å². The summed E-state index contributed by atoms with van der Waals surface area (Å²) in [5.41, 5.74) is 4.80. The minimum absolute atomic E-state index is 0.690. The number of nitrogens with zero attached hydrogens (tertiary/aromatic N) is 5. The number of aryl methyl sites for hydroxylation is 1. The van der Waals surface area contributed by atoms with Gasteiger partial charge in [-0.05, 0) is 44.1 Å². The van der Waals surface area contributed by atoms with Crippen molar-refractivity contribution in [1.82, 2.24) is 19.6 Å². The summed E-state index contributed by atoms with van der Waals surface area (Å²) in [4.78, 5) is 12.0. The molecule has 5 rings (SSSR count). The molecular weight excluding hydrogens is 382 g/mol. The fraction of sp³-hybridized carbons (Fsp3) is 0.346. The molecule has 2 aromatic carbocycles. The van der Waals surface area contributed by atoms with E-state index in [1.807, 2.05) is 22.7 Å². The van der Waals surface area contributed by atoms with Gasteiger partial charge in [0.25, 0.3) is 5.78 Å². The maximum absolute atomic E-state index is 4.90. The number of aromatic nitrogens is 4. The van der Waals surface area contributed by atoms with Crippen molar-refractivity contribution in [3.63, 3.8) is 0 Å². The van der Waals surface area contributed by atoms with Crippen molar-refractivity contribution < 1.29 is 0 Å². The van der Waals surface area contributed by atoms with Gasteiger partial charge in [0.1, 0.15) is 5.82 Å². The van der Waals surface area contributed by atoms with E-state index < -0.39 is 0 Å². The van der Waals surface area contributed by atoms with Crippen LogP contribution in [0.4, 0.5) is 5.82 Å². The Kier molecular flexibility index (Phi) is 5.41. The molecule has 3 heterocycles. The largest absolute Gasteiger partial charge is 0.356 e. The molecule has 0 spiro atoms. The standard InChI is InChI=1S/C26H29N5/c1-3-23-19(2)27-26-28-24(22-12-8-5-9-13-22)29-31(26)25(23)30-16-14-21(15-17-30)18-20-10-6-4-7-11-20/h4-13,21H,3,14-18H2,1-2H3. The molecule has 31 heavy (non-hydrogen) atoms. The van der Waals surface area contributed by atoms with E-state index in [4.69, 9.17) is 15.1 Å². The summed E-state index contributed by atoms with van der Waals surface area (Å²) in [5.74, 6) is 3.34. The third kappa shape index (κ3) is 3.92. The second kappa shape index (κ2) is 8.50. The zero-order chi connectivity index (χ0) is 21.2. The smallest absolute Gasteiger partial charge is 0.254 e. The molecule has 0 atom stereocenters. The number of benzene rings is 2. The third-order valence-electron chi connectivity index (χ3n) is 6.43. The molecule has 0 N–H and O–H groups in total. The number of anilines is 1. The minimum Gasteiger partial charge on any atom is -0.356 e. The van der Waals surface area contributed by atoms with Gasteiger partial charge in [0.2, 0.25) is 0 Å². The van der Waals surface area contributed by atoms with Crippen LogP contribution in [-0.2, 0) is 12.8 Å². The average Bonchev–Trinajstić information content (AvgIpc) is 3.23. The second-order valence-corrected chi connectivity index (χ2v) is 8.49. The summed E-state index contributed by atoms with van der Waals surface area (Å²) in [6, 6.07) is 21.0. The predicted molar refractivity (Wildman–Crippen MR) is 125 cm³/mol. The van der Waals surface area contributed by atoms with Crippen LogP contribution in [0.25, 0.3) is 17.2 Å². The Morgan fingerprint density at radius 1 is 0.903 bits per heavy atom. The molecule has 5 heteroatoms. The number of fused-ring (bicyclic) bond motifs is 1. The van der Waals surface area contributed by atoms with Crippen LogP contribution in [0.1, 0.15) is 36.6 Å². The van der Waals surface area contributed by atoms with E-state index >= 15 is 0 Å². The molecule has 0 radical (unpaired) electrons. The fourth-order valence-electron chi connectivity index (χ4n) is 4.77. The van der Waals surface area contributed by atoms with Crippen LogP contribution in [0.3, 0.4) is 0 Å². The van der Waals surface area contributed by atoms with E-state index in [1.54, 1.807) is 0 Å². The van der Waals surface area contributed by atoms with Crippen LogP contribution in [0.2, 0.25) is 0 Å². The van der Waals surface area contributed by atoms with E-state index in [9.17, 15) is 0 Å². The molecule has 0 bridgehead atoms. The van der Waals surface area contributed by atoms with Crippen molar-refractivity contribution in [2.45, 2.75) is 39.5 Å². The normalized spacial score (nSPS) is 15.0. The second-order valence-electron chi connectivity index (χ2n) is 8.49. The summed E-state index contributed by atoms with van der Waals surface area (Å²) < 4.78 is 1.98. The van der Waals surface area contributed by atoms with Gasteiger partial charge in [0.05, 0.1) is 0 Å². The van der Waals surface area contributed by atoms with Crippen molar-refractivity contribution in [3.05, 3.63) is 77.5 Å². The first-order chi connectivity index (χ1) is 15.2. The molecule has 5 nitrogen and oxygen atoms in total. The first-order valence-corrected chi connectivity index (χ1v) is 11.3. The Labute approximate surface area is 183 Å². The van der Waals surface area contributed by atoms with E-state index in [-0.39, 0.29) is 0 Å². The molecule has 158 valence electrons. The van der Waals surface area contributed by atoms with Gasteiger partial charge < -0.3 is 4.90 Å². The highest BCUT2D eigenvalue weighted by Gasteiger charge is 2.25. The quantitative estimate of drug-likeness (QED) is 0.457. The van der Waals surface area contributed by atoms with Crippen LogP contribution in [0.5, 0.6) is 0 Å². The van der Waals surface area contributed by atoms with Crippen molar-refractivity contribution >= 4 is 11.6 Å². The topological polar surface area (TPSA) is 46.3 Å². The van der Waals surface area contributed by atoms with Gasteiger partial charge in [-0.25, -0.2) is 4.98 Å². The molecule has 1 aliphatic heterocycles. The van der Waals surface area contributed by atoms with E-state index in [1.165, 1.54) is 36.2 Å². The van der Waals surface area contributed by atoms with E-state index in [2.05, 4.69) is 61.2 Å². The Morgan fingerprint density at radius 3 is 2.26 bits per heavy atom. The third-order valence-corrected chi connectivity index (χ3v) is 6.43. The van der Waals surface area contributed by atoms with E-state index in [0.717, 1.165) is 42.5 Å². The summed E-state index contributed by atoms with van der Waals surface area (Å²) in [7, 11) is 0. The first kappa shape index (κ1) is 19.7. The molecule has 4 aromatic rings. The lowest BCUT2D eigenvalue weighted by Gasteiger charge is -2.34. The Bertz CT molecular complexity index is 1160.